The van der Waals surface area contributed by atoms with Gasteiger partial charge in [0.25, 0.3) is 0 Å². The zero-order chi connectivity index (χ0) is 13.0. The predicted octanol–water partition coefficient (Wildman–Crippen LogP) is 2.30. The van der Waals surface area contributed by atoms with Crippen LogP contribution in [-0.4, -0.2) is 37.2 Å². The van der Waals surface area contributed by atoms with Crippen LogP contribution in [0.2, 0.25) is 0 Å². The second-order valence-electron chi connectivity index (χ2n) is 4.98. The molecule has 1 aliphatic heterocycles. The standard InChI is InChI=1S/C14H21FN2O.ClH/c1-11-8-12(9-16)10-17(11)6-7-18-14-4-2-13(15)3-5-14;/h2-5,11-12H,6-10,16H2,1H3;1H. The maximum atomic E-state index is 12.7. The Morgan fingerprint density at radius 1 is 1.37 bits per heavy atom. The van der Waals surface area contributed by atoms with E-state index in [1.165, 1.54) is 18.6 Å². The maximum absolute atomic E-state index is 12.7. The number of rotatable bonds is 5. The smallest absolute Gasteiger partial charge is 0.123 e. The molecule has 0 radical (unpaired) electrons. The molecule has 3 nitrogen and oxygen atoms in total. The van der Waals surface area contributed by atoms with Crippen LogP contribution in [0.15, 0.2) is 24.3 Å². The number of halogens is 2. The second-order valence-corrected chi connectivity index (χ2v) is 4.98. The summed E-state index contributed by atoms with van der Waals surface area (Å²) in [4.78, 5) is 2.40. The first-order valence-electron chi connectivity index (χ1n) is 6.51. The lowest BCUT2D eigenvalue weighted by Gasteiger charge is -2.20. The van der Waals surface area contributed by atoms with Gasteiger partial charge in [0.2, 0.25) is 0 Å². The summed E-state index contributed by atoms with van der Waals surface area (Å²) >= 11 is 0. The zero-order valence-corrected chi connectivity index (χ0v) is 12.0. The van der Waals surface area contributed by atoms with Crippen LogP contribution < -0.4 is 10.5 Å². The Morgan fingerprint density at radius 2 is 2.05 bits per heavy atom. The van der Waals surface area contributed by atoms with Gasteiger partial charge in [0.05, 0.1) is 0 Å². The quantitative estimate of drug-likeness (QED) is 0.903. The number of nitrogens with zero attached hydrogens (tertiary/aromatic N) is 1. The summed E-state index contributed by atoms with van der Waals surface area (Å²) in [6, 6.07) is 6.73. The minimum Gasteiger partial charge on any atom is -0.492 e. The summed E-state index contributed by atoms with van der Waals surface area (Å²) in [5.74, 6) is 1.10. The predicted molar refractivity (Wildman–Crippen MR) is 77.3 cm³/mol. The van der Waals surface area contributed by atoms with Crippen molar-refractivity contribution in [1.29, 1.82) is 0 Å². The van der Waals surface area contributed by atoms with Crippen LogP contribution in [-0.2, 0) is 0 Å². The normalized spacial score (nSPS) is 23.1. The van der Waals surface area contributed by atoms with Gasteiger partial charge in [-0.15, -0.1) is 12.4 Å². The number of likely N-dealkylation sites (tertiary alicyclic amines) is 1. The fourth-order valence-electron chi connectivity index (χ4n) is 2.51. The van der Waals surface area contributed by atoms with E-state index in [-0.39, 0.29) is 18.2 Å². The van der Waals surface area contributed by atoms with Crippen molar-refractivity contribution < 1.29 is 9.13 Å². The summed E-state index contributed by atoms with van der Waals surface area (Å²) in [7, 11) is 0. The Morgan fingerprint density at radius 3 is 2.63 bits per heavy atom. The Labute approximate surface area is 120 Å². The summed E-state index contributed by atoms with van der Waals surface area (Å²) in [6.07, 6.45) is 1.17. The molecule has 0 saturated carbocycles. The van der Waals surface area contributed by atoms with Gasteiger partial charge in [-0.25, -0.2) is 4.39 Å². The SMILES string of the molecule is CC1CC(CN)CN1CCOc1ccc(F)cc1.Cl. The van der Waals surface area contributed by atoms with Gasteiger partial charge in [-0.1, -0.05) is 0 Å². The van der Waals surface area contributed by atoms with E-state index in [1.807, 2.05) is 0 Å². The van der Waals surface area contributed by atoms with Gasteiger partial charge in [-0.2, -0.15) is 0 Å². The van der Waals surface area contributed by atoms with E-state index < -0.39 is 0 Å². The highest BCUT2D eigenvalue weighted by Gasteiger charge is 2.27. The van der Waals surface area contributed by atoms with Crippen molar-refractivity contribution >= 4 is 12.4 Å². The van der Waals surface area contributed by atoms with Gasteiger partial charge < -0.3 is 10.5 Å². The van der Waals surface area contributed by atoms with E-state index in [9.17, 15) is 4.39 Å². The minimum absolute atomic E-state index is 0. The van der Waals surface area contributed by atoms with Crippen LogP contribution in [0.4, 0.5) is 4.39 Å². The molecule has 1 saturated heterocycles. The van der Waals surface area contributed by atoms with E-state index in [4.69, 9.17) is 10.5 Å². The molecular weight excluding hydrogens is 267 g/mol. The molecule has 19 heavy (non-hydrogen) atoms. The first kappa shape index (κ1) is 16.2. The molecule has 0 aliphatic carbocycles. The molecule has 2 rings (SSSR count). The van der Waals surface area contributed by atoms with Crippen LogP contribution in [0.25, 0.3) is 0 Å². The summed E-state index contributed by atoms with van der Waals surface area (Å²) in [6.45, 7) is 5.58. The molecule has 2 atom stereocenters. The Bertz CT molecular complexity index is 374. The number of benzene rings is 1. The molecule has 0 spiro atoms. The van der Waals surface area contributed by atoms with Crippen LogP contribution in [0.1, 0.15) is 13.3 Å². The number of ether oxygens (including phenoxy) is 1. The van der Waals surface area contributed by atoms with Crippen molar-refractivity contribution in [2.24, 2.45) is 11.7 Å². The van der Waals surface area contributed by atoms with E-state index in [2.05, 4.69) is 11.8 Å². The van der Waals surface area contributed by atoms with Gasteiger partial charge in [0.15, 0.2) is 0 Å². The van der Waals surface area contributed by atoms with Crippen LogP contribution in [0.5, 0.6) is 5.75 Å². The molecule has 1 aliphatic rings. The molecule has 108 valence electrons. The molecular formula is C14H22ClFN2O. The molecule has 2 N–H and O–H groups in total. The summed E-state index contributed by atoms with van der Waals surface area (Å²) in [5.41, 5.74) is 5.70. The van der Waals surface area contributed by atoms with Crippen LogP contribution in [0, 0.1) is 11.7 Å². The molecule has 1 fully saturated rings. The van der Waals surface area contributed by atoms with E-state index in [1.54, 1.807) is 12.1 Å². The fourth-order valence-corrected chi connectivity index (χ4v) is 2.51. The van der Waals surface area contributed by atoms with Crippen molar-refractivity contribution in [1.82, 2.24) is 4.90 Å². The summed E-state index contributed by atoms with van der Waals surface area (Å²) < 4.78 is 18.3. The number of hydrogen-bond acceptors (Lipinski definition) is 3. The highest BCUT2D eigenvalue weighted by atomic mass is 35.5. The van der Waals surface area contributed by atoms with Crippen molar-refractivity contribution in [3.63, 3.8) is 0 Å². The van der Waals surface area contributed by atoms with Gasteiger partial charge in [-0.3, -0.25) is 4.90 Å². The molecule has 1 heterocycles. The molecule has 1 aromatic rings. The monoisotopic (exact) mass is 288 g/mol. The van der Waals surface area contributed by atoms with E-state index >= 15 is 0 Å². The van der Waals surface area contributed by atoms with Gasteiger partial charge in [0, 0.05) is 19.1 Å². The van der Waals surface area contributed by atoms with E-state index in [0.29, 0.717) is 18.6 Å². The molecule has 1 aromatic carbocycles. The molecule has 2 unspecified atom stereocenters. The zero-order valence-electron chi connectivity index (χ0n) is 11.2. The van der Waals surface area contributed by atoms with Gasteiger partial charge >= 0.3 is 0 Å². The van der Waals surface area contributed by atoms with Crippen molar-refractivity contribution in [3.05, 3.63) is 30.1 Å². The summed E-state index contributed by atoms with van der Waals surface area (Å²) in [5, 5.41) is 0. The lowest BCUT2D eigenvalue weighted by molar-refractivity contribution is 0.202. The highest BCUT2D eigenvalue weighted by Crippen LogP contribution is 2.21. The van der Waals surface area contributed by atoms with Crippen molar-refractivity contribution in [2.45, 2.75) is 19.4 Å². The Balaban J connectivity index is 0.00000180. The van der Waals surface area contributed by atoms with Gasteiger partial charge in [0.1, 0.15) is 18.2 Å². The fraction of sp³-hybridized carbons (Fsp3) is 0.571. The number of hydrogen-bond donors (Lipinski definition) is 1. The lowest BCUT2D eigenvalue weighted by Crippen LogP contribution is -2.32. The second kappa shape index (κ2) is 7.68. The maximum Gasteiger partial charge on any atom is 0.123 e. The van der Waals surface area contributed by atoms with Gasteiger partial charge in [-0.05, 0) is 50.1 Å². The lowest BCUT2D eigenvalue weighted by atomic mass is 10.1. The topological polar surface area (TPSA) is 38.5 Å². The third-order valence-electron chi connectivity index (χ3n) is 3.58. The first-order chi connectivity index (χ1) is 8.69. The molecule has 0 aromatic heterocycles. The van der Waals surface area contributed by atoms with E-state index in [0.717, 1.165) is 25.4 Å². The largest absolute Gasteiger partial charge is 0.492 e. The third-order valence-corrected chi connectivity index (χ3v) is 3.58. The van der Waals surface area contributed by atoms with Crippen LogP contribution in [0.3, 0.4) is 0 Å². The third kappa shape index (κ3) is 4.64. The van der Waals surface area contributed by atoms with Crippen molar-refractivity contribution in [3.8, 4) is 5.75 Å². The van der Waals surface area contributed by atoms with Crippen molar-refractivity contribution in [2.75, 3.05) is 26.2 Å². The molecule has 5 heteroatoms. The van der Waals surface area contributed by atoms with Crippen LogP contribution >= 0.6 is 12.4 Å². The Hall–Kier alpha value is -0.840. The molecule has 0 amide bonds. The number of nitrogens with two attached hydrogens (primary N) is 1. The first-order valence-corrected chi connectivity index (χ1v) is 6.51. The Kier molecular flexibility index (Phi) is 6.55. The molecule has 0 bridgehead atoms. The average Bonchev–Trinajstić information content (AvgIpc) is 2.73. The minimum atomic E-state index is -0.235. The highest BCUT2D eigenvalue weighted by molar-refractivity contribution is 5.85. The average molecular weight is 289 g/mol.